The van der Waals surface area contributed by atoms with E-state index in [0.717, 1.165) is 11.4 Å². The van der Waals surface area contributed by atoms with E-state index in [-0.39, 0.29) is 5.16 Å². The molecule has 0 aromatic carbocycles. The molecule has 0 bridgehead atoms. The molecule has 0 radical (unpaired) electrons. The lowest BCUT2D eigenvalue weighted by atomic mass is 10.2. The third-order valence-electron chi connectivity index (χ3n) is 3.46. The quantitative estimate of drug-likeness (QED) is 0.809. The van der Waals surface area contributed by atoms with Gasteiger partial charge in [-0.15, -0.1) is 5.10 Å². The number of hydrogen-bond acceptors (Lipinski definition) is 5. The van der Waals surface area contributed by atoms with Crippen molar-refractivity contribution in [2.45, 2.75) is 49.4 Å². The minimum atomic E-state index is -4.37. The van der Waals surface area contributed by atoms with Gasteiger partial charge in [-0.1, -0.05) is 11.8 Å². The Morgan fingerprint density at radius 2 is 2.14 bits per heavy atom. The van der Waals surface area contributed by atoms with E-state index >= 15 is 0 Å². The maximum Gasteiger partial charge on any atom is 0.403 e. The Labute approximate surface area is 129 Å². The van der Waals surface area contributed by atoms with Crippen molar-refractivity contribution >= 4 is 17.5 Å². The van der Waals surface area contributed by atoms with Crippen LogP contribution in [0.4, 0.5) is 13.2 Å². The number of aryl methyl sites for hydroxylation is 2. The number of thioether (sulfide) groups is 1. The van der Waals surface area contributed by atoms with E-state index < -0.39 is 17.5 Å². The molecular weight excluding hydrogens is 317 g/mol. The van der Waals surface area contributed by atoms with Gasteiger partial charge in [-0.3, -0.25) is 0 Å². The summed E-state index contributed by atoms with van der Waals surface area (Å²) in [5.74, 6) is 0.313. The summed E-state index contributed by atoms with van der Waals surface area (Å²) in [5.41, 5.74) is 1.53. The first-order valence-electron chi connectivity index (χ1n) is 6.90. The lowest BCUT2D eigenvalue weighted by Crippen LogP contribution is -2.36. The van der Waals surface area contributed by atoms with Crippen molar-refractivity contribution in [3.05, 3.63) is 17.5 Å². The predicted molar refractivity (Wildman–Crippen MR) is 74.9 cm³/mol. The maximum absolute atomic E-state index is 13.3. The lowest BCUT2D eigenvalue weighted by molar-refractivity contribution is -0.148. The van der Waals surface area contributed by atoms with Crippen molar-refractivity contribution in [2.24, 2.45) is 0 Å². The van der Waals surface area contributed by atoms with Gasteiger partial charge in [0.25, 0.3) is 5.78 Å². The predicted octanol–water partition coefficient (Wildman–Crippen LogP) is 2.94. The third kappa shape index (κ3) is 3.05. The van der Waals surface area contributed by atoms with Crippen LogP contribution >= 0.6 is 11.8 Å². The topological polar surface area (TPSA) is 52.3 Å². The van der Waals surface area contributed by atoms with Gasteiger partial charge in [0.2, 0.25) is 5.16 Å². The first kappa shape index (κ1) is 15.5. The number of halogens is 3. The average Bonchev–Trinajstić information content (AvgIpc) is 3.02. The van der Waals surface area contributed by atoms with Crippen LogP contribution in [-0.2, 0) is 4.74 Å². The fourth-order valence-electron chi connectivity index (χ4n) is 2.51. The Kier molecular flexibility index (Phi) is 4.02. The summed E-state index contributed by atoms with van der Waals surface area (Å²) in [6.07, 6.45) is -4.15. The van der Waals surface area contributed by atoms with Crippen LogP contribution in [0.5, 0.6) is 0 Å². The standard InChI is InChI=1S/C13H15F3N4OS/c1-7-6-8(2)20-11(17-7)18-12(19-20)22-10(13(14,15)16)9-4-3-5-21-9/h6,9-10H,3-5H2,1-2H3/t9-,10+/m1/s1. The fraction of sp³-hybridized carbons (Fsp3) is 0.615. The second kappa shape index (κ2) is 5.69. The summed E-state index contributed by atoms with van der Waals surface area (Å²) in [7, 11) is 0. The molecule has 9 heteroatoms. The van der Waals surface area contributed by atoms with Crippen LogP contribution < -0.4 is 0 Å². The van der Waals surface area contributed by atoms with Gasteiger partial charge in [-0.05, 0) is 32.8 Å². The summed E-state index contributed by atoms with van der Waals surface area (Å²) >= 11 is 0.600. The van der Waals surface area contributed by atoms with E-state index in [9.17, 15) is 13.2 Å². The molecule has 2 aromatic heterocycles. The summed E-state index contributed by atoms with van der Waals surface area (Å²) in [6.45, 7) is 3.99. The van der Waals surface area contributed by atoms with Crippen LogP contribution in [0.2, 0.25) is 0 Å². The molecule has 3 heterocycles. The van der Waals surface area contributed by atoms with Gasteiger partial charge in [0.1, 0.15) is 5.25 Å². The molecule has 2 atom stereocenters. The molecule has 0 unspecified atom stereocenters. The van der Waals surface area contributed by atoms with Gasteiger partial charge in [-0.2, -0.15) is 18.2 Å². The molecule has 1 fully saturated rings. The van der Waals surface area contributed by atoms with Crippen LogP contribution in [0.1, 0.15) is 24.2 Å². The molecule has 0 aliphatic carbocycles. The molecule has 0 spiro atoms. The second-order valence-corrected chi connectivity index (χ2v) is 6.39. The van der Waals surface area contributed by atoms with E-state index in [2.05, 4.69) is 15.1 Å². The lowest BCUT2D eigenvalue weighted by Gasteiger charge is -2.23. The number of rotatable bonds is 3. The van der Waals surface area contributed by atoms with Crippen molar-refractivity contribution in [3.8, 4) is 0 Å². The summed E-state index contributed by atoms with van der Waals surface area (Å²) < 4.78 is 46.5. The summed E-state index contributed by atoms with van der Waals surface area (Å²) in [4.78, 5) is 8.29. The van der Waals surface area contributed by atoms with Crippen LogP contribution in [0, 0.1) is 13.8 Å². The van der Waals surface area contributed by atoms with Gasteiger partial charge in [0.15, 0.2) is 0 Å². The SMILES string of the molecule is Cc1cc(C)n2nc(S[C@@H]([C@H]3CCCO3)C(F)(F)F)nc2n1. The van der Waals surface area contributed by atoms with E-state index in [1.165, 1.54) is 4.52 Å². The Balaban J connectivity index is 1.91. The molecule has 1 saturated heterocycles. The molecular formula is C13H15F3N4OS. The first-order chi connectivity index (χ1) is 10.3. The van der Waals surface area contributed by atoms with Gasteiger partial charge < -0.3 is 4.74 Å². The highest BCUT2D eigenvalue weighted by atomic mass is 32.2. The zero-order valence-electron chi connectivity index (χ0n) is 12.1. The van der Waals surface area contributed by atoms with Gasteiger partial charge in [-0.25, -0.2) is 9.50 Å². The van der Waals surface area contributed by atoms with Crippen molar-refractivity contribution < 1.29 is 17.9 Å². The van der Waals surface area contributed by atoms with Crippen LogP contribution in [0.25, 0.3) is 5.78 Å². The van der Waals surface area contributed by atoms with E-state index in [1.807, 2.05) is 6.92 Å². The summed E-state index contributed by atoms with van der Waals surface area (Å²) in [6, 6.07) is 1.80. The maximum atomic E-state index is 13.3. The zero-order chi connectivity index (χ0) is 15.9. The number of fused-ring (bicyclic) bond motifs is 1. The minimum absolute atomic E-state index is 0.0685. The molecule has 1 aliphatic rings. The molecule has 22 heavy (non-hydrogen) atoms. The van der Waals surface area contributed by atoms with Crippen molar-refractivity contribution in [3.63, 3.8) is 0 Å². The number of aromatic nitrogens is 4. The van der Waals surface area contributed by atoms with Gasteiger partial charge in [0.05, 0.1) is 6.10 Å². The van der Waals surface area contributed by atoms with Crippen molar-refractivity contribution in [1.82, 2.24) is 19.6 Å². The first-order valence-corrected chi connectivity index (χ1v) is 7.78. The number of nitrogens with zero attached hydrogens (tertiary/aromatic N) is 4. The minimum Gasteiger partial charge on any atom is -0.377 e. The number of alkyl halides is 3. The van der Waals surface area contributed by atoms with Crippen LogP contribution in [0.3, 0.4) is 0 Å². The Morgan fingerprint density at radius 3 is 2.77 bits per heavy atom. The van der Waals surface area contributed by atoms with E-state index in [4.69, 9.17) is 4.74 Å². The molecule has 2 aromatic rings. The highest BCUT2D eigenvalue weighted by Gasteiger charge is 2.47. The normalized spacial score (nSPS) is 20.7. The van der Waals surface area contributed by atoms with Gasteiger partial charge in [0, 0.05) is 18.0 Å². The highest BCUT2D eigenvalue weighted by Crippen LogP contribution is 2.39. The summed E-state index contributed by atoms with van der Waals surface area (Å²) in [5, 5.41) is 2.54. The van der Waals surface area contributed by atoms with E-state index in [1.54, 1.807) is 13.0 Å². The highest BCUT2D eigenvalue weighted by molar-refractivity contribution is 7.99. The van der Waals surface area contributed by atoms with Crippen molar-refractivity contribution in [2.75, 3.05) is 6.61 Å². The Morgan fingerprint density at radius 1 is 1.36 bits per heavy atom. The zero-order valence-corrected chi connectivity index (χ0v) is 12.9. The third-order valence-corrected chi connectivity index (χ3v) is 4.66. The number of ether oxygens (including phenoxy) is 1. The largest absolute Gasteiger partial charge is 0.403 e. The Hall–Kier alpha value is -1.35. The monoisotopic (exact) mass is 332 g/mol. The fourth-order valence-corrected chi connectivity index (χ4v) is 3.50. The molecule has 0 amide bonds. The van der Waals surface area contributed by atoms with Gasteiger partial charge >= 0.3 is 6.18 Å². The molecule has 1 aliphatic heterocycles. The molecule has 0 saturated carbocycles. The smallest absolute Gasteiger partial charge is 0.377 e. The second-order valence-electron chi connectivity index (χ2n) is 5.28. The number of hydrogen-bond donors (Lipinski definition) is 0. The molecule has 120 valence electrons. The average molecular weight is 332 g/mol. The van der Waals surface area contributed by atoms with E-state index in [0.29, 0.717) is 37.0 Å². The van der Waals surface area contributed by atoms with Crippen molar-refractivity contribution in [1.29, 1.82) is 0 Å². The molecule has 3 rings (SSSR count). The Bertz CT molecular complexity index is 682. The molecule has 0 N–H and O–H groups in total. The van der Waals surface area contributed by atoms with Crippen LogP contribution in [0.15, 0.2) is 11.2 Å². The van der Waals surface area contributed by atoms with Crippen LogP contribution in [-0.4, -0.2) is 43.7 Å². The molecule has 5 nitrogen and oxygen atoms in total.